The smallest absolute Gasteiger partial charge is 0.0703 e. The van der Waals surface area contributed by atoms with E-state index in [4.69, 9.17) is 16.7 Å². The van der Waals surface area contributed by atoms with Gasteiger partial charge in [0.05, 0.1) is 11.5 Å². The molecule has 0 radical (unpaired) electrons. The van der Waals surface area contributed by atoms with Gasteiger partial charge in [-0.05, 0) is 25.2 Å². The minimum Gasteiger partial charge on any atom is -0.392 e. The van der Waals surface area contributed by atoms with Gasteiger partial charge in [-0.15, -0.1) is 11.6 Å². The second-order valence-corrected chi connectivity index (χ2v) is 4.98. The molecule has 0 heterocycles. The maximum atomic E-state index is 9.16. The Morgan fingerprint density at radius 3 is 1.73 bits per heavy atom. The molecule has 2 saturated carbocycles. The molecule has 0 aromatic carbocycles. The number of aliphatic hydroxyl groups is 1. The van der Waals surface area contributed by atoms with Gasteiger partial charge in [0.25, 0.3) is 0 Å². The third-order valence-electron chi connectivity index (χ3n) is 3.00. The third-order valence-corrected chi connectivity index (χ3v) is 3.47. The van der Waals surface area contributed by atoms with Crippen molar-refractivity contribution < 1.29 is 5.11 Å². The third kappa shape index (κ3) is 7.19. The van der Waals surface area contributed by atoms with Crippen molar-refractivity contribution in [3.8, 4) is 0 Å². The number of rotatable bonds is 0. The fourth-order valence-electron chi connectivity index (χ4n) is 1.55. The monoisotopic (exact) mass is 234 g/mol. The molecule has 0 bridgehead atoms. The summed E-state index contributed by atoms with van der Waals surface area (Å²) < 4.78 is 0. The summed E-state index contributed by atoms with van der Waals surface area (Å²) >= 11 is 5.81. The Hall–Kier alpha value is 0.250. The van der Waals surface area contributed by atoms with Crippen LogP contribution in [0.15, 0.2) is 0 Å². The van der Waals surface area contributed by atoms with Gasteiger partial charge in [-0.1, -0.05) is 46.5 Å². The second kappa shape index (κ2) is 9.47. The van der Waals surface area contributed by atoms with Crippen LogP contribution in [0.3, 0.4) is 0 Å². The van der Waals surface area contributed by atoms with Crippen LogP contribution in [0.2, 0.25) is 0 Å². The molecule has 2 aliphatic rings. The van der Waals surface area contributed by atoms with Crippen LogP contribution < -0.4 is 0 Å². The minimum atomic E-state index is -0.247. The molecule has 2 fully saturated rings. The van der Waals surface area contributed by atoms with E-state index in [9.17, 15) is 0 Å². The molecule has 3 unspecified atom stereocenters. The van der Waals surface area contributed by atoms with Crippen LogP contribution >= 0.6 is 11.6 Å². The first-order valence-corrected chi connectivity index (χ1v) is 6.96. The lowest BCUT2D eigenvalue weighted by molar-refractivity contribution is 0.117. The molecular formula is C13H27ClO. The minimum absolute atomic E-state index is 0.00810. The highest BCUT2D eigenvalue weighted by Crippen LogP contribution is 2.27. The highest BCUT2D eigenvalue weighted by atomic mass is 35.5. The van der Waals surface area contributed by atoms with E-state index < -0.39 is 0 Å². The zero-order valence-electron chi connectivity index (χ0n) is 10.5. The van der Waals surface area contributed by atoms with Crippen molar-refractivity contribution in [3.63, 3.8) is 0 Å². The zero-order valence-corrected chi connectivity index (χ0v) is 11.3. The summed E-state index contributed by atoms with van der Waals surface area (Å²) in [6, 6.07) is 0. The van der Waals surface area contributed by atoms with Crippen LogP contribution in [0.25, 0.3) is 0 Å². The molecule has 92 valence electrons. The molecule has 1 nitrogen and oxygen atoms in total. The predicted molar refractivity (Wildman–Crippen MR) is 68.5 cm³/mol. The van der Waals surface area contributed by atoms with Gasteiger partial charge < -0.3 is 5.11 Å². The maximum Gasteiger partial charge on any atom is 0.0703 e. The lowest BCUT2D eigenvalue weighted by Gasteiger charge is -2.26. The van der Waals surface area contributed by atoms with E-state index in [1.165, 1.54) is 25.7 Å². The van der Waals surface area contributed by atoms with Crippen LogP contribution in [0.5, 0.6) is 0 Å². The van der Waals surface area contributed by atoms with Gasteiger partial charge in [0, 0.05) is 0 Å². The lowest BCUT2D eigenvalue weighted by atomic mass is 9.89. The fourth-order valence-corrected chi connectivity index (χ4v) is 1.98. The van der Waals surface area contributed by atoms with Gasteiger partial charge in [0.2, 0.25) is 0 Å². The molecule has 2 heteroatoms. The van der Waals surface area contributed by atoms with E-state index in [0.29, 0.717) is 5.92 Å². The molecule has 0 saturated heterocycles. The Morgan fingerprint density at radius 1 is 1.00 bits per heavy atom. The van der Waals surface area contributed by atoms with Gasteiger partial charge in [-0.2, -0.15) is 0 Å². The summed E-state index contributed by atoms with van der Waals surface area (Å²) in [6.45, 7) is 6.18. The molecule has 15 heavy (non-hydrogen) atoms. The summed E-state index contributed by atoms with van der Waals surface area (Å²) in [5.41, 5.74) is 0. The summed E-state index contributed by atoms with van der Waals surface area (Å²) in [5.74, 6) is 0.705. The number of aliphatic hydroxyl groups excluding tert-OH is 1. The average Bonchev–Trinajstić information content (AvgIpc) is 2.13. The maximum absolute atomic E-state index is 9.16. The van der Waals surface area contributed by atoms with Crippen LogP contribution in [-0.2, 0) is 0 Å². The van der Waals surface area contributed by atoms with Gasteiger partial charge in [-0.3, -0.25) is 0 Å². The topological polar surface area (TPSA) is 20.2 Å². The molecule has 0 spiro atoms. The Labute approximate surface area is 100 Å². The number of hydrogen-bond acceptors (Lipinski definition) is 1. The summed E-state index contributed by atoms with van der Waals surface area (Å²) in [5, 5.41) is 9.17. The van der Waals surface area contributed by atoms with Gasteiger partial charge in [0.1, 0.15) is 0 Å². The molecule has 0 aliphatic heterocycles. The first kappa shape index (κ1) is 15.2. The van der Waals surface area contributed by atoms with E-state index in [0.717, 1.165) is 19.3 Å². The molecule has 2 rings (SSSR count). The van der Waals surface area contributed by atoms with Gasteiger partial charge >= 0.3 is 0 Å². The molecule has 3 atom stereocenters. The summed E-state index contributed by atoms with van der Waals surface area (Å²) in [7, 11) is 0. The molecule has 2 aliphatic carbocycles. The van der Waals surface area contributed by atoms with Crippen molar-refractivity contribution in [1.82, 2.24) is 0 Å². The molecule has 0 amide bonds. The standard InChI is InChI=1S/C7H13ClO.C4H8.C2H6/c1-5-2-3-7(9)6(8)4-5;1-2-4-3-1;1-2/h5-7,9H,2-4H2,1H3;1-4H2;1-2H3. The van der Waals surface area contributed by atoms with Crippen molar-refractivity contribution in [2.75, 3.05) is 0 Å². The van der Waals surface area contributed by atoms with Crippen LogP contribution in [0.1, 0.15) is 65.7 Å². The van der Waals surface area contributed by atoms with Crippen molar-refractivity contribution in [3.05, 3.63) is 0 Å². The Morgan fingerprint density at radius 2 is 1.47 bits per heavy atom. The lowest BCUT2D eigenvalue weighted by Crippen LogP contribution is -2.28. The summed E-state index contributed by atoms with van der Waals surface area (Å²) in [4.78, 5) is 0. The quantitative estimate of drug-likeness (QED) is 0.618. The predicted octanol–water partition coefficient (Wildman–Crippen LogP) is 4.36. The highest BCUT2D eigenvalue weighted by Gasteiger charge is 2.24. The van der Waals surface area contributed by atoms with Gasteiger partial charge in [-0.25, -0.2) is 0 Å². The number of halogens is 1. The molecular weight excluding hydrogens is 208 g/mol. The first-order chi connectivity index (χ1) is 7.20. The molecule has 1 N–H and O–H groups in total. The van der Waals surface area contributed by atoms with E-state index in [1.807, 2.05) is 13.8 Å². The highest BCUT2D eigenvalue weighted by molar-refractivity contribution is 6.21. The zero-order chi connectivity index (χ0) is 11.7. The van der Waals surface area contributed by atoms with E-state index >= 15 is 0 Å². The molecule has 0 aromatic rings. The van der Waals surface area contributed by atoms with E-state index in [1.54, 1.807) is 0 Å². The van der Waals surface area contributed by atoms with E-state index in [-0.39, 0.29) is 11.5 Å². The van der Waals surface area contributed by atoms with Gasteiger partial charge in [0.15, 0.2) is 0 Å². The molecule has 0 aromatic heterocycles. The number of alkyl halides is 1. The normalized spacial score (nSPS) is 33.8. The van der Waals surface area contributed by atoms with E-state index in [2.05, 4.69) is 6.92 Å². The van der Waals surface area contributed by atoms with Crippen molar-refractivity contribution in [1.29, 1.82) is 0 Å². The van der Waals surface area contributed by atoms with Crippen LogP contribution in [-0.4, -0.2) is 16.6 Å². The Kier molecular flexibility index (Phi) is 9.63. The average molecular weight is 235 g/mol. The number of hydrogen-bond donors (Lipinski definition) is 1. The SMILES string of the molecule is C1CCC1.CC.CC1CCC(O)C(Cl)C1. The van der Waals surface area contributed by atoms with Crippen LogP contribution in [0, 0.1) is 5.92 Å². The first-order valence-electron chi connectivity index (χ1n) is 6.52. The second-order valence-electron chi connectivity index (χ2n) is 4.42. The largest absolute Gasteiger partial charge is 0.392 e. The Bertz CT molecular complexity index is 130. The van der Waals surface area contributed by atoms with Crippen LogP contribution in [0.4, 0.5) is 0 Å². The Balaban J connectivity index is 0.000000272. The summed E-state index contributed by atoms with van der Waals surface area (Å²) in [6.07, 6.45) is 8.74. The fraction of sp³-hybridized carbons (Fsp3) is 1.00. The van der Waals surface area contributed by atoms with Crippen molar-refractivity contribution in [2.45, 2.75) is 77.2 Å². The van der Waals surface area contributed by atoms with Crippen molar-refractivity contribution in [2.24, 2.45) is 5.92 Å². The van der Waals surface area contributed by atoms with Crippen molar-refractivity contribution >= 4 is 11.6 Å².